The minimum absolute atomic E-state index is 0. The fourth-order valence-corrected chi connectivity index (χ4v) is 2.82. The van der Waals surface area contributed by atoms with Gasteiger partial charge in [-0.2, -0.15) is 18.3 Å². The lowest BCUT2D eigenvalue weighted by atomic mass is 10.1. The molecule has 0 radical (unpaired) electrons. The van der Waals surface area contributed by atoms with Gasteiger partial charge in [0.1, 0.15) is 5.75 Å². The molecule has 0 unspecified atom stereocenters. The number of halogens is 4. The van der Waals surface area contributed by atoms with Crippen molar-refractivity contribution in [3.8, 4) is 5.75 Å². The third-order valence-corrected chi connectivity index (χ3v) is 4.05. The molecule has 0 fully saturated rings. The zero-order valence-corrected chi connectivity index (χ0v) is 19.3. The maximum atomic E-state index is 13.1. The summed E-state index contributed by atoms with van der Waals surface area (Å²) in [6.07, 6.45) is -2.47. The maximum absolute atomic E-state index is 13.1. The van der Waals surface area contributed by atoms with Gasteiger partial charge in [-0.25, -0.2) is 4.99 Å². The molecule has 6 nitrogen and oxygen atoms in total. The second-order valence-corrected chi connectivity index (χ2v) is 6.36. The summed E-state index contributed by atoms with van der Waals surface area (Å²) in [6.45, 7) is 4.94. The third-order valence-electron chi connectivity index (χ3n) is 4.05. The molecule has 2 N–H and O–H groups in total. The summed E-state index contributed by atoms with van der Waals surface area (Å²) >= 11 is 0. The zero-order valence-electron chi connectivity index (χ0n) is 16.9. The number of guanidine groups is 1. The molecule has 29 heavy (non-hydrogen) atoms. The van der Waals surface area contributed by atoms with Crippen LogP contribution in [0.3, 0.4) is 0 Å². The summed E-state index contributed by atoms with van der Waals surface area (Å²) in [4.78, 5) is 4.27. The Labute approximate surface area is 185 Å². The molecule has 0 saturated heterocycles. The van der Waals surface area contributed by atoms with Gasteiger partial charge in [0.25, 0.3) is 0 Å². The molecule has 1 aromatic heterocycles. The smallest absolute Gasteiger partial charge is 0.435 e. The van der Waals surface area contributed by atoms with Crippen LogP contribution >= 0.6 is 24.0 Å². The van der Waals surface area contributed by atoms with Crippen LogP contribution in [0.5, 0.6) is 5.75 Å². The first-order chi connectivity index (χ1) is 13.2. The molecule has 0 saturated carbocycles. The number of hydrogen-bond acceptors (Lipinski definition) is 3. The van der Waals surface area contributed by atoms with Crippen LogP contribution in [0.2, 0.25) is 0 Å². The normalized spacial score (nSPS) is 11.8. The molecule has 0 bridgehead atoms. The molecule has 0 atom stereocenters. The van der Waals surface area contributed by atoms with E-state index in [1.54, 1.807) is 7.11 Å². The maximum Gasteiger partial charge on any atom is 0.435 e. The summed E-state index contributed by atoms with van der Waals surface area (Å²) < 4.78 is 45.7. The number of methoxy groups -OCH3 is 1. The number of nitrogens with one attached hydrogen (secondary N) is 2. The van der Waals surface area contributed by atoms with Crippen molar-refractivity contribution in [3.05, 3.63) is 46.8 Å². The first-order valence-electron chi connectivity index (χ1n) is 9.00. The van der Waals surface area contributed by atoms with Gasteiger partial charge < -0.3 is 15.4 Å². The van der Waals surface area contributed by atoms with Crippen molar-refractivity contribution in [2.45, 2.75) is 33.0 Å². The molecule has 10 heteroatoms. The Hall–Kier alpha value is -1.98. The second kappa shape index (κ2) is 11.3. The summed E-state index contributed by atoms with van der Waals surface area (Å²) in [6, 6.07) is 5.95. The fraction of sp³-hybridized carbons (Fsp3) is 0.474. The highest BCUT2D eigenvalue weighted by molar-refractivity contribution is 14.0. The van der Waals surface area contributed by atoms with Crippen LogP contribution in [-0.2, 0) is 26.2 Å². The highest BCUT2D eigenvalue weighted by Gasteiger charge is 2.36. The minimum Gasteiger partial charge on any atom is -0.496 e. The number of ether oxygens (including phenoxy) is 1. The van der Waals surface area contributed by atoms with Crippen molar-refractivity contribution in [1.82, 2.24) is 20.4 Å². The molecule has 0 aliphatic heterocycles. The van der Waals surface area contributed by atoms with Gasteiger partial charge in [0.05, 0.1) is 13.7 Å². The van der Waals surface area contributed by atoms with E-state index in [2.05, 4.69) is 26.8 Å². The van der Waals surface area contributed by atoms with E-state index in [0.29, 0.717) is 25.5 Å². The molecule has 0 aliphatic rings. The van der Waals surface area contributed by atoms with E-state index in [-0.39, 0.29) is 36.1 Å². The Bertz CT molecular complexity index is 821. The third kappa shape index (κ3) is 7.41. The van der Waals surface area contributed by atoms with Crippen molar-refractivity contribution in [1.29, 1.82) is 0 Å². The number of hydrogen-bond donors (Lipinski definition) is 2. The van der Waals surface area contributed by atoms with Crippen molar-refractivity contribution < 1.29 is 17.9 Å². The largest absolute Gasteiger partial charge is 0.496 e. The standard InChI is InChI=1S/C19H26F3N5O.HI/c1-5-23-18(24-9-8-14-10-13(2)6-7-16(14)28-4)25-11-15-12-27(3)26-17(15)19(20,21)22;/h6-7,10,12H,5,8-9,11H2,1-4H3,(H2,23,24,25);1H. The number of aromatic nitrogens is 2. The van der Waals surface area contributed by atoms with E-state index in [9.17, 15) is 13.2 Å². The van der Waals surface area contributed by atoms with E-state index in [0.717, 1.165) is 21.6 Å². The topological polar surface area (TPSA) is 63.5 Å². The van der Waals surface area contributed by atoms with Gasteiger partial charge in [0.15, 0.2) is 11.7 Å². The van der Waals surface area contributed by atoms with Crippen LogP contribution in [0.25, 0.3) is 0 Å². The van der Waals surface area contributed by atoms with E-state index in [4.69, 9.17) is 4.74 Å². The van der Waals surface area contributed by atoms with Gasteiger partial charge >= 0.3 is 6.18 Å². The molecule has 0 spiro atoms. The van der Waals surface area contributed by atoms with Crippen LogP contribution in [-0.4, -0.2) is 35.9 Å². The predicted molar refractivity (Wildman–Crippen MR) is 118 cm³/mol. The average Bonchev–Trinajstić information content (AvgIpc) is 3.01. The van der Waals surface area contributed by atoms with Crippen LogP contribution in [0.15, 0.2) is 29.4 Å². The Morgan fingerprint density at radius 3 is 2.59 bits per heavy atom. The van der Waals surface area contributed by atoms with Gasteiger partial charge in [-0.1, -0.05) is 17.7 Å². The number of aliphatic imine (C=N–C) groups is 1. The van der Waals surface area contributed by atoms with Gasteiger partial charge in [0, 0.05) is 31.9 Å². The van der Waals surface area contributed by atoms with E-state index < -0.39 is 11.9 Å². The van der Waals surface area contributed by atoms with Crippen LogP contribution in [0.4, 0.5) is 13.2 Å². The molecular weight excluding hydrogens is 498 g/mol. The highest BCUT2D eigenvalue weighted by Crippen LogP contribution is 2.30. The highest BCUT2D eigenvalue weighted by atomic mass is 127. The van der Waals surface area contributed by atoms with Crippen molar-refractivity contribution >= 4 is 29.9 Å². The number of nitrogens with zero attached hydrogens (tertiary/aromatic N) is 3. The zero-order chi connectivity index (χ0) is 20.7. The first kappa shape index (κ1) is 25.1. The molecule has 2 aromatic rings. The molecule has 2 rings (SSSR count). The van der Waals surface area contributed by atoms with Gasteiger partial charge in [-0.15, -0.1) is 24.0 Å². The van der Waals surface area contributed by atoms with Gasteiger partial charge in [-0.05, 0) is 31.9 Å². The summed E-state index contributed by atoms with van der Waals surface area (Å²) in [5.74, 6) is 1.26. The van der Waals surface area contributed by atoms with Crippen LogP contribution in [0, 0.1) is 6.92 Å². The Morgan fingerprint density at radius 1 is 1.24 bits per heavy atom. The molecule has 1 aromatic carbocycles. The number of aryl methyl sites for hydroxylation is 2. The summed E-state index contributed by atoms with van der Waals surface area (Å²) in [5.41, 5.74) is 1.32. The number of rotatable bonds is 7. The fourth-order valence-electron chi connectivity index (χ4n) is 2.82. The summed E-state index contributed by atoms with van der Waals surface area (Å²) in [7, 11) is 3.08. The minimum atomic E-state index is -4.50. The molecular formula is C19H27F3IN5O. The Kier molecular flexibility index (Phi) is 9.74. The van der Waals surface area contributed by atoms with Crippen molar-refractivity contribution in [2.24, 2.45) is 12.0 Å². The molecule has 1 heterocycles. The van der Waals surface area contributed by atoms with E-state index >= 15 is 0 Å². The Morgan fingerprint density at radius 2 is 1.97 bits per heavy atom. The lowest BCUT2D eigenvalue weighted by Gasteiger charge is -2.13. The molecule has 0 amide bonds. The van der Waals surface area contributed by atoms with E-state index in [1.807, 2.05) is 26.0 Å². The molecule has 162 valence electrons. The van der Waals surface area contributed by atoms with Crippen LogP contribution in [0.1, 0.15) is 29.3 Å². The molecule has 0 aliphatic carbocycles. The predicted octanol–water partition coefficient (Wildman–Crippen LogP) is 3.67. The number of alkyl halides is 3. The Balaban J connectivity index is 0.00000420. The lowest BCUT2D eigenvalue weighted by molar-refractivity contribution is -0.142. The first-order valence-corrected chi connectivity index (χ1v) is 9.00. The quantitative estimate of drug-likeness (QED) is 0.329. The van der Waals surface area contributed by atoms with E-state index in [1.165, 1.54) is 13.2 Å². The monoisotopic (exact) mass is 525 g/mol. The lowest BCUT2D eigenvalue weighted by Crippen LogP contribution is -2.38. The second-order valence-electron chi connectivity index (χ2n) is 6.36. The number of benzene rings is 1. The SMILES string of the molecule is CCNC(=NCc1cn(C)nc1C(F)(F)F)NCCc1cc(C)ccc1OC.I. The summed E-state index contributed by atoms with van der Waals surface area (Å²) in [5, 5.41) is 9.70. The van der Waals surface area contributed by atoms with Gasteiger partial charge in [-0.3, -0.25) is 4.68 Å². The van der Waals surface area contributed by atoms with Crippen LogP contribution < -0.4 is 15.4 Å². The van der Waals surface area contributed by atoms with Gasteiger partial charge in [0.2, 0.25) is 0 Å². The average molecular weight is 525 g/mol. The van der Waals surface area contributed by atoms with Crippen molar-refractivity contribution in [2.75, 3.05) is 20.2 Å². The van der Waals surface area contributed by atoms with Crippen molar-refractivity contribution in [3.63, 3.8) is 0 Å².